The van der Waals surface area contributed by atoms with Gasteiger partial charge in [-0.1, -0.05) is 58.1 Å². The first-order chi connectivity index (χ1) is 20.3. The maximum atomic E-state index is 13.6. The Morgan fingerprint density at radius 2 is 1.69 bits per heavy atom. The fourth-order valence-electron chi connectivity index (χ4n) is 7.74. The molecule has 9 heteroatoms. The molecule has 2 aromatic heterocycles. The monoisotopic (exact) mass is 635 g/mol. The van der Waals surface area contributed by atoms with Crippen molar-refractivity contribution in [1.82, 2.24) is 24.4 Å². The Bertz CT molecular complexity index is 1600. The molecule has 4 bridgehead atoms. The van der Waals surface area contributed by atoms with Crippen LogP contribution < -0.4 is 22.1 Å². The molecule has 4 heterocycles. The van der Waals surface area contributed by atoms with Crippen LogP contribution in [0.25, 0.3) is 16.9 Å². The molecule has 42 heavy (non-hydrogen) atoms. The van der Waals surface area contributed by atoms with Crippen molar-refractivity contribution in [3.8, 4) is 18.7 Å². The van der Waals surface area contributed by atoms with E-state index in [1.54, 1.807) is 12.8 Å². The van der Waals surface area contributed by atoms with Crippen molar-refractivity contribution in [3.63, 3.8) is 0 Å². The van der Waals surface area contributed by atoms with E-state index in [0.717, 1.165) is 47.1 Å². The SMILES string of the molecule is C#C.CC1CC[C@@H]2C[C@H](n3c(=O)c(-n4cc(Br)c(=O)[nH]c4=O)nc4ccccc43)CC1N2.C[C@H]1CC[C@@H]2CCCC1C2. The lowest BCUT2D eigenvalue weighted by atomic mass is 9.67. The van der Waals surface area contributed by atoms with Gasteiger partial charge in [0.05, 0.1) is 15.5 Å². The second-order valence-electron chi connectivity index (χ2n) is 12.7. The maximum Gasteiger partial charge on any atom is 0.334 e. The number of para-hydroxylation sites is 2. The zero-order chi connectivity index (χ0) is 30.0. The third-order valence-electron chi connectivity index (χ3n) is 10.1. The molecule has 0 amide bonds. The van der Waals surface area contributed by atoms with Crippen LogP contribution in [0.2, 0.25) is 0 Å². The van der Waals surface area contributed by atoms with Crippen molar-refractivity contribution >= 4 is 27.0 Å². The largest absolute Gasteiger partial charge is 0.334 e. The number of aromatic amines is 1. The van der Waals surface area contributed by atoms with Gasteiger partial charge >= 0.3 is 5.69 Å². The highest BCUT2D eigenvalue weighted by molar-refractivity contribution is 9.10. The normalized spacial score (nSPS) is 29.9. The van der Waals surface area contributed by atoms with Crippen LogP contribution in [0.4, 0.5) is 0 Å². The summed E-state index contributed by atoms with van der Waals surface area (Å²) in [6, 6.07) is 8.27. The predicted molar refractivity (Wildman–Crippen MR) is 171 cm³/mol. The molecular formula is C33H42BrN5O3. The molecule has 7 rings (SSSR count). The van der Waals surface area contributed by atoms with Gasteiger partial charge in [0.1, 0.15) is 0 Å². The molecule has 2 saturated carbocycles. The third kappa shape index (κ3) is 6.21. The number of hydrogen-bond donors (Lipinski definition) is 2. The fraction of sp³-hybridized carbons (Fsp3) is 0.576. The number of nitrogens with one attached hydrogen (secondary N) is 2. The minimum absolute atomic E-state index is 0.00705. The van der Waals surface area contributed by atoms with E-state index in [0.29, 0.717) is 23.5 Å². The molecule has 2 saturated heterocycles. The molecule has 224 valence electrons. The molecular weight excluding hydrogens is 594 g/mol. The summed E-state index contributed by atoms with van der Waals surface area (Å²) in [5, 5.41) is 3.71. The second-order valence-corrected chi connectivity index (χ2v) is 13.6. The lowest BCUT2D eigenvalue weighted by molar-refractivity contribution is 0.133. The molecule has 3 unspecified atom stereocenters. The number of piperidine rings is 2. The zero-order valence-electron chi connectivity index (χ0n) is 24.6. The molecule has 1 aromatic carbocycles. The number of nitrogens with zero attached hydrogens (tertiary/aromatic N) is 3. The molecule has 2 aliphatic carbocycles. The van der Waals surface area contributed by atoms with Gasteiger partial charge in [-0.15, -0.1) is 12.8 Å². The lowest BCUT2D eigenvalue weighted by Crippen LogP contribution is -2.53. The number of halogens is 1. The summed E-state index contributed by atoms with van der Waals surface area (Å²) in [7, 11) is 0. The number of fused-ring (bicyclic) bond motifs is 5. The second kappa shape index (κ2) is 13.1. The number of terminal acetylenes is 1. The van der Waals surface area contributed by atoms with E-state index in [9.17, 15) is 14.4 Å². The maximum absolute atomic E-state index is 13.6. The number of benzene rings is 1. The van der Waals surface area contributed by atoms with E-state index in [1.807, 2.05) is 28.8 Å². The summed E-state index contributed by atoms with van der Waals surface area (Å²) in [5.41, 5.74) is -0.158. The summed E-state index contributed by atoms with van der Waals surface area (Å²) >= 11 is 3.14. The quantitative estimate of drug-likeness (QED) is 0.359. The van der Waals surface area contributed by atoms with E-state index in [1.165, 1.54) is 38.3 Å². The summed E-state index contributed by atoms with van der Waals surface area (Å²) < 4.78 is 3.08. The molecule has 8 nitrogen and oxygen atoms in total. The van der Waals surface area contributed by atoms with E-state index in [-0.39, 0.29) is 21.9 Å². The van der Waals surface area contributed by atoms with Gasteiger partial charge in [0.15, 0.2) is 0 Å². The van der Waals surface area contributed by atoms with Crippen LogP contribution in [0.5, 0.6) is 0 Å². The van der Waals surface area contributed by atoms with Crippen molar-refractivity contribution in [2.45, 2.75) is 96.2 Å². The average molecular weight is 637 g/mol. The molecule has 0 spiro atoms. The highest BCUT2D eigenvalue weighted by atomic mass is 79.9. The van der Waals surface area contributed by atoms with Gasteiger partial charge in [0.25, 0.3) is 11.1 Å². The smallest absolute Gasteiger partial charge is 0.311 e. The Morgan fingerprint density at radius 3 is 2.48 bits per heavy atom. The minimum atomic E-state index is -0.689. The first-order valence-electron chi connectivity index (χ1n) is 15.4. The predicted octanol–water partition coefficient (Wildman–Crippen LogP) is 5.56. The molecule has 7 atom stereocenters. The van der Waals surface area contributed by atoms with Crippen molar-refractivity contribution in [1.29, 1.82) is 0 Å². The van der Waals surface area contributed by atoms with Crippen LogP contribution in [0.3, 0.4) is 0 Å². The zero-order valence-corrected chi connectivity index (χ0v) is 26.2. The van der Waals surface area contributed by atoms with Crippen molar-refractivity contribution < 1.29 is 0 Å². The van der Waals surface area contributed by atoms with Gasteiger partial charge in [0, 0.05) is 24.3 Å². The fourth-order valence-corrected chi connectivity index (χ4v) is 8.05. The first-order valence-corrected chi connectivity index (χ1v) is 16.2. The van der Waals surface area contributed by atoms with Crippen LogP contribution in [-0.4, -0.2) is 31.2 Å². The Kier molecular flexibility index (Phi) is 9.54. The van der Waals surface area contributed by atoms with Crippen LogP contribution in [0.1, 0.15) is 84.1 Å². The summed E-state index contributed by atoms with van der Waals surface area (Å²) in [6.07, 6.45) is 22.6. The van der Waals surface area contributed by atoms with Crippen molar-refractivity contribution in [2.24, 2.45) is 23.7 Å². The van der Waals surface area contributed by atoms with Gasteiger partial charge in [0.2, 0.25) is 5.82 Å². The van der Waals surface area contributed by atoms with E-state index in [2.05, 4.69) is 57.9 Å². The van der Waals surface area contributed by atoms with Crippen LogP contribution in [-0.2, 0) is 0 Å². The van der Waals surface area contributed by atoms with Gasteiger partial charge in [-0.25, -0.2) is 14.3 Å². The first kappa shape index (κ1) is 30.5. The molecule has 0 radical (unpaired) electrons. The van der Waals surface area contributed by atoms with Gasteiger partial charge in [-0.3, -0.25) is 14.6 Å². The number of aromatic nitrogens is 4. The van der Waals surface area contributed by atoms with Crippen molar-refractivity contribution in [2.75, 3.05) is 0 Å². The number of rotatable bonds is 2. The van der Waals surface area contributed by atoms with Crippen LogP contribution in [0, 0.1) is 36.5 Å². The molecule has 2 N–H and O–H groups in total. The number of hydrogen-bond acceptors (Lipinski definition) is 5. The Labute approximate surface area is 255 Å². The van der Waals surface area contributed by atoms with Crippen molar-refractivity contribution in [3.05, 3.63) is 66.1 Å². The summed E-state index contributed by atoms with van der Waals surface area (Å²) in [6.45, 7) is 4.71. The Balaban J connectivity index is 0.000000245. The topological polar surface area (TPSA) is 102 Å². The molecule has 2 aliphatic heterocycles. The van der Waals surface area contributed by atoms with E-state index >= 15 is 0 Å². The van der Waals surface area contributed by atoms with Crippen LogP contribution in [0.15, 0.2) is 49.3 Å². The Morgan fingerprint density at radius 1 is 0.929 bits per heavy atom. The van der Waals surface area contributed by atoms with Crippen LogP contribution >= 0.6 is 15.9 Å². The highest BCUT2D eigenvalue weighted by Crippen LogP contribution is 2.42. The summed E-state index contributed by atoms with van der Waals surface area (Å²) in [4.78, 5) is 44.6. The van der Waals surface area contributed by atoms with E-state index in [4.69, 9.17) is 0 Å². The highest BCUT2D eigenvalue weighted by Gasteiger charge is 2.37. The van der Waals surface area contributed by atoms with E-state index < -0.39 is 11.2 Å². The third-order valence-corrected chi connectivity index (χ3v) is 10.7. The lowest BCUT2D eigenvalue weighted by Gasteiger charge is -2.44. The Hall–Kier alpha value is -2.96. The van der Waals surface area contributed by atoms with Gasteiger partial charge < -0.3 is 9.88 Å². The average Bonchev–Trinajstić information content (AvgIpc) is 3.00. The molecule has 3 aromatic rings. The van der Waals surface area contributed by atoms with Gasteiger partial charge in [-0.05, 0) is 83.8 Å². The summed E-state index contributed by atoms with van der Waals surface area (Å²) in [5.74, 6) is 3.86. The standard InChI is InChI=1S/C21H22BrN5O3.C10H18.C2H2/c1-11-6-7-12-8-13(9-16(11)23-12)27-17-5-3-2-4-15(17)24-18(20(27)29)26-10-14(22)19(28)25-21(26)30;1-8-5-6-9-3-2-4-10(8)7-9;1-2/h2-5,10-13,16,23H,6-9H2,1H3,(H,25,28,30);8-10H,2-7H2,1H3;1-2H/t11?,12-,13+,16?;8-,9-,10?;/m10./s1. The molecule has 4 aliphatic rings. The molecule has 4 fully saturated rings. The minimum Gasteiger partial charge on any atom is -0.311 e. The van der Waals surface area contributed by atoms with Gasteiger partial charge in [-0.2, -0.15) is 0 Å². The number of H-pyrrole nitrogens is 1.